The first-order chi connectivity index (χ1) is 7.16. The van der Waals surface area contributed by atoms with Gasteiger partial charge >= 0.3 is 0 Å². The molecule has 0 unspecified atom stereocenters. The van der Waals surface area contributed by atoms with E-state index in [2.05, 4.69) is 9.97 Å². The maximum Gasteiger partial charge on any atom is 0.0733 e. The molecule has 3 heteroatoms. The van der Waals surface area contributed by atoms with Crippen LogP contribution in [0.2, 0.25) is 5.02 Å². The molecule has 76 valence electrons. The number of nitrogens with zero attached hydrogens (tertiary/aromatic N) is 2. The third-order valence-electron chi connectivity index (χ3n) is 2.21. The van der Waals surface area contributed by atoms with Crippen LogP contribution in [0.1, 0.15) is 11.3 Å². The first kappa shape index (κ1) is 10.1. The van der Waals surface area contributed by atoms with Gasteiger partial charge in [-0.15, -0.1) is 0 Å². The number of aromatic nitrogens is 2. The summed E-state index contributed by atoms with van der Waals surface area (Å²) in [5, 5.41) is 0.669. The van der Waals surface area contributed by atoms with Gasteiger partial charge in [0.1, 0.15) is 0 Å². The first-order valence-corrected chi connectivity index (χ1v) is 5.10. The smallest absolute Gasteiger partial charge is 0.0733 e. The molecule has 0 aliphatic rings. The summed E-state index contributed by atoms with van der Waals surface area (Å²) >= 11 is 5.86. The van der Waals surface area contributed by atoms with Crippen molar-refractivity contribution in [3.05, 3.63) is 46.9 Å². The van der Waals surface area contributed by atoms with Gasteiger partial charge in [0.25, 0.3) is 0 Å². The standard InChI is InChI=1S/C12H11ClN2/c1-8-5-11(13)7-15-12(8)10-3-4-14-9(2)6-10/h3-7H,1-2H3. The molecule has 2 heterocycles. The summed E-state index contributed by atoms with van der Waals surface area (Å²) in [7, 11) is 0. The predicted molar refractivity (Wildman–Crippen MR) is 62.0 cm³/mol. The summed E-state index contributed by atoms with van der Waals surface area (Å²) in [6.45, 7) is 3.97. The van der Waals surface area contributed by atoms with Gasteiger partial charge in [0, 0.05) is 23.7 Å². The summed E-state index contributed by atoms with van der Waals surface area (Å²) < 4.78 is 0. The van der Waals surface area contributed by atoms with E-state index in [0.29, 0.717) is 5.02 Å². The molecule has 0 spiro atoms. The van der Waals surface area contributed by atoms with E-state index in [9.17, 15) is 0 Å². The third-order valence-corrected chi connectivity index (χ3v) is 2.42. The number of rotatable bonds is 1. The van der Waals surface area contributed by atoms with Crippen LogP contribution in [0.3, 0.4) is 0 Å². The van der Waals surface area contributed by atoms with Crippen LogP contribution in [-0.4, -0.2) is 9.97 Å². The summed E-state index contributed by atoms with van der Waals surface area (Å²) in [6.07, 6.45) is 3.46. The summed E-state index contributed by atoms with van der Waals surface area (Å²) in [5.74, 6) is 0. The molecule has 0 radical (unpaired) electrons. The molecule has 0 amide bonds. The molecule has 2 nitrogen and oxygen atoms in total. The number of halogens is 1. The van der Waals surface area contributed by atoms with Gasteiger partial charge in [0.2, 0.25) is 0 Å². The van der Waals surface area contributed by atoms with Gasteiger partial charge in [-0.2, -0.15) is 0 Å². The van der Waals surface area contributed by atoms with E-state index in [-0.39, 0.29) is 0 Å². The predicted octanol–water partition coefficient (Wildman–Crippen LogP) is 3.41. The van der Waals surface area contributed by atoms with Crippen molar-refractivity contribution in [2.45, 2.75) is 13.8 Å². The van der Waals surface area contributed by atoms with Crippen LogP contribution < -0.4 is 0 Å². The summed E-state index contributed by atoms with van der Waals surface area (Å²) in [5.41, 5.74) is 4.11. The SMILES string of the molecule is Cc1cc(-c2ncc(Cl)cc2C)ccn1. The largest absolute Gasteiger partial charge is 0.262 e. The van der Waals surface area contributed by atoms with E-state index < -0.39 is 0 Å². The molecule has 0 aromatic carbocycles. The molecule has 2 rings (SSSR count). The van der Waals surface area contributed by atoms with Gasteiger partial charge in [-0.1, -0.05) is 11.6 Å². The Kier molecular flexibility index (Phi) is 2.69. The fourth-order valence-corrected chi connectivity index (χ4v) is 1.75. The van der Waals surface area contributed by atoms with Crippen LogP contribution in [0, 0.1) is 13.8 Å². The first-order valence-electron chi connectivity index (χ1n) is 4.72. The highest BCUT2D eigenvalue weighted by Crippen LogP contribution is 2.22. The normalized spacial score (nSPS) is 10.3. The average molecular weight is 219 g/mol. The van der Waals surface area contributed by atoms with E-state index in [1.54, 1.807) is 12.4 Å². The van der Waals surface area contributed by atoms with Gasteiger partial charge in [-0.25, -0.2) is 0 Å². The second kappa shape index (κ2) is 3.99. The van der Waals surface area contributed by atoms with Gasteiger partial charge in [0.15, 0.2) is 0 Å². The molecule has 15 heavy (non-hydrogen) atoms. The van der Waals surface area contributed by atoms with Gasteiger partial charge in [-0.3, -0.25) is 9.97 Å². The van der Waals surface area contributed by atoms with Crippen LogP contribution in [0.5, 0.6) is 0 Å². The lowest BCUT2D eigenvalue weighted by Gasteiger charge is -2.05. The Morgan fingerprint density at radius 3 is 2.60 bits per heavy atom. The van der Waals surface area contributed by atoms with Crippen LogP contribution in [0.4, 0.5) is 0 Å². The van der Waals surface area contributed by atoms with Gasteiger partial charge in [-0.05, 0) is 37.6 Å². The Morgan fingerprint density at radius 2 is 1.93 bits per heavy atom. The van der Waals surface area contributed by atoms with Crippen molar-refractivity contribution >= 4 is 11.6 Å². The highest BCUT2D eigenvalue weighted by molar-refractivity contribution is 6.30. The molecular weight excluding hydrogens is 208 g/mol. The zero-order valence-corrected chi connectivity index (χ0v) is 9.42. The minimum Gasteiger partial charge on any atom is -0.262 e. The minimum atomic E-state index is 0.669. The fourth-order valence-electron chi connectivity index (χ4n) is 1.54. The summed E-state index contributed by atoms with van der Waals surface area (Å²) in [4.78, 5) is 8.49. The molecule has 0 bridgehead atoms. The molecule has 0 fully saturated rings. The zero-order valence-electron chi connectivity index (χ0n) is 8.66. The lowest BCUT2D eigenvalue weighted by molar-refractivity contribution is 1.19. The number of hydrogen-bond acceptors (Lipinski definition) is 2. The molecule has 0 N–H and O–H groups in total. The van der Waals surface area contributed by atoms with Crippen LogP contribution in [-0.2, 0) is 0 Å². The quantitative estimate of drug-likeness (QED) is 0.733. The van der Waals surface area contributed by atoms with E-state index in [4.69, 9.17) is 11.6 Å². The maximum absolute atomic E-state index is 5.86. The topological polar surface area (TPSA) is 25.8 Å². The van der Waals surface area contributed by atoms with Crippen molar-refractivity contribution in [2.75, 3.05) is 0 Å². The summed E-state index contributed by atoms with van der Waals surface area (Å²) in [6, 6.07) is 5.89. The Labute approximate surface area is 94.0 Å². The molecule has 0 saturated heterocycles. The highest BCUT2D eigenvalue weighted by atomic mass is 35.5. The molecule has 0 aliphatic carbocycles. The van der Waals surface area contributed by atoms with Crippen LogP contribution in [0.15, 0.2) is 30.6 Å². The number of pyridine rings is 2. The minimum absolute atomic E-state index is 0.669. The second-order valence-electron chi connectivity index (χ2n) is 3.50. The molecule has 0 atom stereocenters. The Balaban J connectivity index is 2.54. The molecule has 2 aromatic heterocycles. The average Bonchev–Trinajstić information content (AvgIpc) is 2.17. The second-order valence-corrected chi connectivity index (χ2v) is 3.94. The lowest BCUT2D eigenvalue weighted by Crippen LogP contribution is -1.89. The van der Waals surface area contributed by atoms with E-state index in [1.165, 1.54) is 0 Å². The van der Waals surface area contributed by atoms with Crippen molar-refractivity contribution in [3.63, 3.8) is 0 Å². The van der Waals surface area contributed by atoms with Crippen LogP contribution >= 0.6 is 11.6 Å². The van der Waals surface area contributed by atoms with Crippen molar-refractivity contribution in [1.82, 2.24) is 9.97 Å². The molecule has 2 aromatic rings. The monoisotopic (exact) mass is 218 g/mol. The van der Waals surface area contributed by atoms with Crippen molar-refractivity contribution in [3.8, 4) is 11.3 Å². The Morgan fingerprint density at radius 1 is 1.13 bits per heavy atom. The van der Waals surface area contributed by atoms with Crippen molar-refractivity contribution in [1.29, 1.82) is 0 Å². The fraction of sp³-hybridized carbons (Fsp3) is 0.167. The number of hydrogen-bond donors (Lipinski definition) is 0. The molecule has 0 aliphatic heterocycles. The van der Waals surface area contributed by atoms with Crippen LogP contribution in [0.25, 0.3) is 11.3 Å². The van der Waals surface area contributed by atoms with E-state index >= 15 is 0 Å². The van der Waals surface area contributed by atoms with Crippen molar-refractivity contribution in [2.24, 2.45) is 0 Å². The van der Waals surface area contributed by atoms with E-state index in [0.717, 1.165) is 22.5 Å². The Hall–Kier alpha value is -1.41. The molecule has 0 saturated carbocycles. The van der Waals surface area contributed by atoms with Gasteiger partial charge < -0.3 is 0 Å². The van der Waals surface area contributed by atoms with Crippen molar-refractivity contribution < 1.29 is 0 Å². The zero-order chi connectivity index (χ0) is 10.8. The van der Waals surface area contributed by atoms with Gasteiger partial charge in [0.05, 0.1) is 10.7 Å². The maximum atomic E-state index is 5.86. The Bertz CT molecular complexity index is 495. The highest BCUT2D eigenvalue weighted by Gasteiger charge is 2.04. The lowest BCUT2D eigenvalue weighted by atomic mass is 10.1. The third kappa shape index (κ3) is 2.16. The molecular formula is C12H11ClN2. The van der Waals surface area contributed by atoms with E-state index in [1.807, 2.05) is 32.0 Å². The number of aryl methyl sites for hydroxylation is 2.